The minimum absolute atomic E-state index is 0.112. The molecule has 0 unspecified atom stereocenters. The van der Waals surface area contributed by atoms with E-state index in [-0.39, 0.29) is 18.3 Å². The number of carbonyl (C=O) groups excluding carboxylic acids is 2. The number of hydrogen-bond acceptors (Lipinski definition) is 7. The Morgan fingerprint density at radius 2 is 1.88 bits per heavy atom. The maximum Gasteiger partial charge on any atom is 0.408 e. The van der Waals surface area contributed by atoms with Gasteiger partial charge in [-0.1, -0.05) is 30.0 Å². The highest BCUT2D eigenvalue weighted by molar-refractivity contribution is 7.99. The first-order chi connectivity index (χ1) is 12.3. The van der Waals surface area contributed by atoms with E-state index in [4.69, 9.17) is 4.74 Å². The molecule has 9 heteroatoms. The molecule has 0 radical (unpaired) electrons. The largest absolute Gasteiger partial charge is 0.468 e. The number of hydrogen-bond donors (Lipinski definition) is 1. The Kier molecular flexibility index (Phi) is 6.62. The zero-order valence-electron chi connectivity index (χ0n) is 15.2. The molecule has 0 fully saturated rings. The van der Waals surface area contributed by atoms with Gasteiger partial charge in [0.25, 0.3) is 0 Å². The average molecular weight is 378 g/mol. The van der Waals surface area contributed by atoms with Crippen molar-refractivity contribution >= 4 is 23.8 Å². The molecule has 1 aromatic carbocycles. The maximum absolute atomic E-state index is 11.9. The van der Waals surface area contributed by atoms with Gasteiger partial charge in [0, 0.05) is 5.69 Å². The lowest BCUT2D eigenvalue weighted by atomic mass is 10.2. The van der Waals surface area contributed by atoms with Crippen LogP contribution in [0.1, 0.15) is 26.6 Å². The monoisotopic (exact) mass is 378 g/mol. The Labute approximate surface area is 156 Å². The zero-order valence-corrected chi connectivity index (χ0v) is 16.0. The van der Waals surface area contributed by atoms with Crippen LogP contribution in [0.25, 0.3) is 5.69 Å². The predicted molar refractivity (Wildman–Crippen MR) is 97.2 cm³/mol. The topological polar surface area (TPSA) is 95.3 Å². The molecule has 1 amide bonds. The summed E-state index contributed by atoms with van der Waals surface area (Å²) in [5.41, 5.74) is 0.240. The number of esters is 1. The molecule has 2 aromatic rings. The number of methoxy groups -OCH3 is 1. The van der Waals surface area contributed by atoms with Crippen LogP contribution < -0.4 is 5.32 Å². The van der Waals surface area contributed by atoms with Crippen LogP contribution in [-0.2, 0) is 20.8 Å². The van der Waals surface area contributed by atoms with Gasteiger partial charge in [-0.2, -0.15) is 0 Å². The van der Waals surface area contributed by atoms with Crippen LogP contribution in [0, 0.1) is 0 Å². The summed E-state index contributed by atoms with van der Waals surface area (Å²) in [6, 6.07) is 9.45. The van der Waals surface area contributed by atoms with Crippen LogP contribution in [0.15, 0.2) is 35.5 Å². The number of alkyl carbamates (subject to hydrolysis) is 1. The number of benzene rings is 1. The second kappa shape index (κ2) is 8.70. The first-order valence-electron chi connectivity index (χ1n) is 7.96. The molecule has 0 aliphatic rings. The molecular formula is C17H22N4O4S. The maximum atomic E-state index is 11.9. The van der Waals surface area contributed by atoms with Crippen LogP contribution in [-0.4, -0.2) is 45.3 Å². The normalized spacial score (nSPS) is 11.1. The Morgan fingerprint density at radius 1 is 1.19 bits per heavy atom. The van der Waals surface area contributed by atoms with E-state index in [9.17, 15) is 9.59 Å². The quantitative estimate of drug-likeness (QED) is 0.609. The Balaban J connectivity index is 2.19. The van der Waals surface area contributed by atoms with Crippen molar-refractivity contribution in [3.8, 4) is 5.69 Å². The van der Waals surface area contributed by atoms with Crippen molar-refractivity contribution in [3.63, 3.8) is 0 Å². The van der Waals surface area contributed by atoms with Gasteiger partial charge < -0.3 is 14.8 Å². The summed E-state index contributed by atoms with van der Waals surface area (Å²) >= 11 is 1.21. The van der Waals surface area contributed by atoms with E-state index in [2.05, 4.69) is 20.3 Å². The zero-order chi connectivity index (χ0) is 19.2. The van der Waals surface area contributed by atoms with Gasteiger partial charge in [-0.3, -0.25) is 9.36 Å². The lowest BCUT2D eigenvalue weighted by molar-refractivity contribution is -0.137. The van der Waals surface area contributed by atoms with Crippen molar-refractivity contribution in [1.82, 2.24) is 20.1 Å². The number of nitrogens with zero attached hydrogens (tertiary/aromatic N) is 3. The van der Waals surface area contributed by atoms with Gasteiger partial charge in [-0.25, -0.2) is 4.79 Å². The number of rotatable bonds is 6. The Hall–Kier alpha value is -2.55. The van der Waals surface area contributed by atoms with Gasteiger partial charge in [-0.05, 0) is 32.9 Å². The summed E-state index contributed by atoms with van der Waals surface area (Å²) in [5, 5.41) is 11.5. The standard InChI is InChI=1S/C17H22N4O4S/c1-17(2,3)25-16(23)18-10-13-19-20-15(26-11-14(22)24-4)21(13)12-8-6-5-7-9-12/h5-9H,10-11H2,1-4H3,(H,18,23). The van der Waals surface area contributed by atoms with E-state index >= 15 is 0 Å². The molecule has 2 rings (SSSR count). The molecule has 0 saturated carbocycles. The van der Waals surface area contributed by atoms with Gasteiger partial charge >= 0.3 is 12.1 Å². The SMILES string of the molecule is COC(=O)CSc1nnc(CNC(=O)OC(C)(C)C)n1-c1ccccc1. The first kappa shape index (κ1) is 19.8. The molecule has 0 aliphatic carbocycles. The third-order valence-corrected chi connectivity index (χ3v) is 3.95. The highest BCUT2D eigenvalue weighted by Gasteiger charge is 2.19. The number of ether oxygens (including phenoxy) is 2. The molecule has 0 spiro atoms. The number of amides is 1. The molecule has 0 saturated heterocycles. The fourth-order valence-corrected chi connectivity index (χ4v) is 2.80. The third kappa shape index (κ3) is 5.76. The highest BCUT2D eigenvalue weighted by atomic mass is 32.2. The number of nitrogens with one attached hydrogen (secondary N) is 1. The lowest BCUT2D eigenvalue weighted by Crippen LogP contribution is -2.32. The number of aromatic nitrogens is 3. The van der Waals surface area contributed by atoms with Gasteiger partial charge in [0.15, 0.2) is 11.0 Å². The average Bonchev–Trinajstić information content (AvgIpc) is 3.00. The summed E-state index contributed by atoms with van der Waals surface area (Å²) in [6.07, 6.45) is -0.538. The van der Waals surface area contributed by atoms with E-state index in [1.165, 1.54) is 18.9 Å². The van der Waals surface area contributed by atoms with Crippen LogP contribution in [0.2, 0.25) is 0 Å². The molecular weight excluding hydrogens is 356 g/mol. The Morgan fingerprint density at radius 3 is 2.50 bits per heavy atom. The van der Waals surface area contributed by atoms with Crippen molar-refractivity contribution in [3.05, 3.63) is 36.2 Å². The van der Waals surface area contributed by atoms with E-state index in [0.717, 1.165) is 5.69 Å². The summed E-state index contributed by atoms with van der Waals surface area (Å²) < 4.78 is 11.7. The van der Waals surface area contributed by atoms with Gasteiger partial charge in [0.2, 0.25) is 0 Å². The van der Waals surface area contributed by atoms with Crippen LogP contribution in [0.5, 0.6) is 0 Å². The molecule has 0 bridgehead atoms. The van der Waals surface area contributed by atoms with E-state index in [1.807, 2.05) is 30.3 Å². The summed E-state index contributed by atoms with van der Waals surface area (Å²) in [6.45, 7) is 5.51. The molecule has 0 aliphatic heterocycles. The van der Waals surface area contributed by atoms with E-state index in [1.54, 1.807) is 25.3 Å². The molecule has 26 heavy (non-hydrogen) atoms. The van der Waals surface area contributed by atoms with Crippen molar-refractivity contribution < 1.29 is 19.1 Å². The van der Waals surface area contributed by atoms with Crippen molar-refractivity contribution in [1.29, 1.82) is 0 Å². The van der Waals surface area contributed by atoms with Crippen LogP contribution in [0.4, 0.5) is 4.79 Å². The predicted octanol–water partition coefficient (Wildman–Crippen LogP) is 2.56. The highest BCUT2D eigenvalue weighted by Crippen LogP contribution is 2.22. The molecule has 1 heterocycles. The van der Waals surface area contributed by atoms with Gasteiger partial charge in [-0.15, -0.1) is 10.2 Å². The first-order valence-corrected chi connectivity index (χ1v) is 8.95. The lowest BCUT2D eigenvalue weighted by Gasteiger charge is -2.19. The molecule has 1 N–H and O–H groups in total. The third-order valence-electron chi connectivity index (χ3n) is 3.05. The number of carbonyl (C=O) groups is 2. The smallest absolute Gasteiger partial charge is 0.408 e. The van der Waals surface area contributed by atoms with Crippen molar-refractivity contribution in [2.75, 3.05) is 12.9 Å². The number of para-hydroxylation sites is 1. The molecule has 0 atom stereocenters. The minimum atomic E-state index is -0.585. The molecule has 1 aromatic heterocycles. The van der Waals surface area contributed by atoms with Gasteiger partial charge in [0.1, 0.15) is 5.60 Å². The summed E-state index contributed by atoms with van der Waals surface area (Å²) in [7, 11) is 1.33. The second-order valence-electron chi connectivity index (χ2n) is 6.29. The van der Waals surface area contributed by atoms with E-state index < -0.39 is 11.7 Å². The van der Waals surface area contributed by atoms with Crippen molar-refractivity contribution in [2.24, 2.45) is 0 Å². The van der Waals surface area contributed by atoms with Crippen molar-refractivity contribution in [2.45, 2.75) is 38.1 Å². The molecule has 140 valence electrons. The summed E-state index contributed by atoms with van der Waals surface area (Å²) in [5.74, 6) is 0.279. The van der Waals surface area contributed by atoms with E-state index in [0.29, 0.717) is 11.0 Å². The fraction of sp³-hybridized carbons (Fsp3) is 0.412. The summed E-state index contributed by atoms with van der Waals surface area (Å²) in [4.78, 5) is 23.3. The Bertz CT molecular complexity index is 756. The fourth-order valence-electron chi connectivity index (χ4n) is 1.99. The van der Waals surface area contributed by atoms with Gasteiger partial charge in [0.05, 0.1) is 19.4 Å². The van der Waals surface area contributed by atoms with Crippen LogP contribution >= 0.6 is 11.8 Å². The minimum Gasteiger partial charge on any atom is -0.468 e. The second-order valence-corrected chi connectivity index (χ2v) is 7.23. The number of thioether (sulfide) groups is 1. The van der Waals surface area contributed by atoms with Crippen LogP contribution in [0.3, 0.4) is 0 Å². The molecule has 8 nitrogen and oxygen atoms in total.